The fourth-order valence-electron chi connectivity index (χ4n) is 2.54. The van der Waals surface area contributed by atoms with Crippen LogP contribution in [0.2, 0.25) is 0 Å². The topological polar surface area (TPSA) is 35.2 Å². The third kappa shape index (κ3) is 5.09. The molecule has 0 radical (unpaired) electrons. The molecule has 0 amide bonds. The van der Waals surface area contributed by atoms with Gasteiger partial charge in [-0.1, -0.05) is 38.8 Å². The van der Waals surface area contributed by atoms with Crippen molar-refractivity contribution in [1.82, 2.24) is 0 Å². The molecule has 0 fully saturated rings. The summed E-state index contributed by atoms with van der Waals surface area (Å²) in [7, 11) is 1.70. The summed E-state index contributed by atoms with van der Waals surface area (Å²) in [5, 5.41) is 0. The molecule has 0 aliphatic heterocycles. The molecule has 2 unspecified atom stereocenters. The SMILES string of the molecule is CCCC(C)CC(CN)Cc1ccc(OC)cc1. The Bertz CT molecular complexity index is 320. The van der Waals surface area contributed by atoms with E-state index in [4.69, 9.17) is 10.5 Å². The first-order valence-electron chi connectivity index (χ1n) is 7.02. The van der Waals surface area contributed by atoms with Crippen molar-refractivity contribution < 1.29 is 4.74 Å². The molecule has 0 spiro atoms. The fraction of sp³-hybridized carbons (Fsp3) is 0.625. The lowest BCUT2D eigenvalue weighted by atomic mass is 9.88. The van der Waals surface area contributed by atoms with E-state index >= 15 is 0 Å². The molecule has 0 saturated carbocycles. The van der Waals surface area contributed by atoms with Gasteiger partial charge in [-0.2, -0.15) is 0 Å². The molecule has 2 atom stereocenters. The molecule has 1 aromatic carbocycles. The summed E-state index contributed by atoms with van der Waals surface area (Å²) in [6.45, 7) is 5.36. The van der Waals surface area contributed by atoms with E-state index in [0.29, 0.717) is 5.92 Å². The number of methoxy groups -OCH3 is 1. The zero-order valence-electron chi connectivity index (χ0n) is 12.0. The second-order valence-electron chi connectivity index (χ2n) is 5.28. The van der Waals surface area contributed by atoms with Crippen molar-refractivity contribution in [3.8, 4) is 5.75 Å². The Morgan fingerprint density at radius 1 is 1.22 bits per heavy atom. The molecule has 2 nitrogen and oxygen atoms in total. The molecule has 102 valence electrons. The minimum Gasteiger partial charge on any atom is -0.497 e. The number of rotatable bonds is 8. The molecule has 0 aliphatic rings. The van der Waals surface area contributed by atoms with Gasteiger partial charge >= 0.3 is 0 Å². The molecule has 1 aromatic rings. The molecule has 0 heterocycles. The highest BCUT2D eigenvalue weighted by atomic mass is 16.5. The average molecular weight is 249 g/mol. The van der Waals surface area contributed by atoms with Crippen molar-refractivity contribution in [1.29, 1.82) is 0 Å². The predicted octanol–water partition coefficient (Wildman–Crippen LogP) is 3.64. The van der Waals surface area contributed by atoms with Crippen LogP contribution in [-0.4, -0.2) is 13.7 Å². The van der Waals surface area contributed by atoms with Crippen molar-refractivity contribution in [2.45, 2.75) is 39.5 Å². The van der Waals surface area contributed by atoms with Crippen LogP contribution in [0, 0.1) is 11.8 Å². The van der Waals surface area contributed by atoms with Gasteiger partial charge in [0.2, 0.25) is 0 Å². The van der Waals surface area contributed by atoms with E-state index in [1.54, 1.807) is 7.11 Å². The Morgan fingerprint density at radius 2 is 1.89 bits per heavy atom. The van der Waals surface area contributed by atoms with Crippen molar-refractivity contribution in [2.24, 2.45) is 17.6 Å². The molecule has 1 rings (SSSR count). The standard InChI is InChI=1S/C16H27NO/c1-4-5-13(2)10-15(12-17)11-14-6-8-16(18-3)9-7-14/h6-9,13,15H,4-5,10-12,17H2,1-3H3. The minimum atomic E-state index is 0.597. The third-order valence-electron chi connectivity index (χ3n) is 3.53. The molecule has 0 aromatic heterocycles. The van der Waals surface area contributed by atoms with E-state index in [-0.39, 0.29) is 0 Å². The van der Waals surface area contributed by atoms with Crippen LogP contribution in [0.25, 0.3) is 0 Å². The molecule has 0 aliphatic carbocycles. The Balaban J connectivity index is 2.50. The molecular formula is C16H27NO. The number of hydrogen-bond acceptors (Lipinski definition) is 2. The lowest BCUT2D eigenvalue weighted by Gasteiger charge is -2.19. The van der Waals surface area contributed by atoms with Crippen LogP contribution in [0.1, 0.15) is 38.7 Å². The van der Waals surface area contributed by atoms with Gasteiger partial charge in [0.1, 0.15) is 5.75 Å². The maximum Gasteiger partial charge on any atom is 0.118 e. The zero-order chi connectivity index (χ0) is 13.4. The first kappa shape index (κ1) is 15.0. The first-order chi connectivity index (χ1) is 8.69. The second-order valence-corrected chi connectivity index (χ2v) is 5.28. The van der Waals surface area contributed by atoms with Crippen LogP contribution in [-0.2, 0) is 6.42 Å². The van der Waals surface area contributed by atoms with E-state index in [2.05, 4.69) is 26.0 Å². The summed E-state index contributed by atoms with van der Waals surface area (Å²) in [4.78, 5) is 0. The normalized spacial score (nSPS) is 14.2. The maximum atomic E-state index is 5.90. The van der Waals surface area contributed by atoms with Gasteiger partial charge in [0, 0.05) is 0 Å². The Hall–Kier alpha value is -1.02. The van der Waals surface area contributed by atoms with Crippen molar-refractivity contribution >= 4 is 0 Å². The average Bonchev–Trinajstić information content (AvgIpc) is 2.39. The summed E-state index contributed by atoms with van der Waals surface area (Å²) >= 11 is 0. The minimum absolute atomic E-state index is 0.597. The zero-order valence-corrected chi connectivity index (χ0v) is 12.0. The van der Waals surface area contributed by atoms with Crippen molar-refractivity contribution in [3.05, 3.63) is 29.8 Å². The Labute approximate surface area is 112 Å². The number of nitrogens with two attached hydrogens (primary N) is 1. The van der Waals surface area contributed by atoms with Crippen LogP contribution >= 0.6 is 0 Å². The van der Waals surface area contributed by atoms with E-state index in [9.17, 15) is 0 Å². The third-order valence-corrected chi connectivity index (χ3v) is 3.53. The van der Waals surface area contributed by atoms with Gasteiger partial charge in [-0.25, -0.2) is 0 Å². The molecule has 2 heteroatoms. The van der Waals surface area contributed by atoms with Gasteiger partial charge in [-0.15, -0.1) is 0 Å². The van der Waals surface area contributed by atoms with Gasteiger partial charge in [0.15, 0.2) is 0 Å². The maximum absolute atomic E-state index is 5.90. The summed E-state index contributed by atoms with van der Waals surface area (Å²) in [5.41, 5.74) is 7.25. The van der Waals surface area contributed by atoms with Crippen molar-refractivity contribution in [3.63, 3.8) is 0 Å². The van der Waals surface area contributed by atoms with Gasteiger partial charge in [-0.05, 0) is 48.9 Å². The summed E-state index contributed by atoms with van der Waals surface area (Å²) in [6.07, 6.45) is 4.88. The highest BCUT2D eigenvalue weighted by molar-refractivity contribution is 5.27. The van der Waals surface area contributed by atoms with Gasteiger partial charge in [-0.3, -0.25) is 0 Å². The monoisotopic (exact) mass is 249 g/mol. The van der Waals surface area contributed by atoms with Crippen LogP contribution in [0.15, 0.2) is 24.3 Å². The van der Waals surface area contributed by atoms with E-state index in [1.807, 2.05) is 12.1 Å². The summed E-state index contributed by atoms with van der Waals surface area (Å²) in [6, 6.07) is 8.34. The van der Waals surface area contributed by atoms with Gasteiger partial charge in [0.25, 0.3) is 0 Å². The number of ether oxygens (including phenoxy) is 1. The molecule has 18 heavy (non-hydrogen) atoms. The van der Waals surface area contributed by atoms with E-state index in [0.717, 1.165) is 24.6 Å². The number of benzene rings is 1. The smallest absolute Gasteiger partial charge is 0.118 e. The van der Waals surface area contributed by atoms with Crippen LogP contribution in [0.5, 0.6) is 5.75 Å². The first-order valence-corrected chi connectivity index (χ1v) is 7.02. The number of hydrogen-bond donors (Lipinski definition) is 1. The molecule has 2 N–H and O–H groups in total. The quantitative estimate of drug-likeness (QED) is 0.763. The van der Waals surface area contributed by atoms with Crippen LogP contribution in [0.3, 0.4) is 0 Å². The van der Waals surface area contributed by atoms with E-state index < -0.39 is 0 Å². The highest BCUT2D eigenvalue weighted by Gasteiger charge is 2.12. The molecular weight excluding hydrogens is 222 g/mol. The molecule has 0 bridgehead atoms. The predicted molar refractivity (Wildman–Crippen MR) is 77.9 cm³/mol. The van der Waals surface area contributed by atoms with Crippen LogP contribution < -0.4 is 10.5 Å². The van der Waals surface area contributed by atoms with Gasteiger partial charge < -0.3 is 10.5 Å². The van der Waals surface area contributed by atoms with Crippen molar-refractivity contribution in [2.75, 3.05) is 13.7 Å². The Morgan fingerprint density at radius 3 is 2.39 bits per heavy atom. The fourth-order valence-corrected chi connectivity index (χ4v) is 2.54. The lowest BCUT2D eigenvalue weighted by Crippen LogP contribution is -2.19. The second kappa shape index (κ2) is 8.15. The summed E-state index contributed by atoms with van der Waals surface area (Å²) in [5.74, 6) is 2.30. The summed E-state index contributed by atoms with van der Waals surface area (Å²) < 4.78 is 5.17. The largest absolute Gasteiger partial charge is 0.497 e. The lowest BCUT2D eigenvalue weighted by molar-refractivity contribution is 0.374. The Kier molecular flexibility index (Phi) is 6.81. The van der Waals surface area contributed by atoms with Gasteiger partial charge in [0.05, 0.1) is 7.11 Å². The highest BCUT2D eigenvalue weighted by Crippen LogP contribution is 2.21. The molecule has 0 saturated heterocycles. The van der Waals surface area contributed by atoms with Crippen LogP contribution in [0.4, 0.5) is 0 Å². The van der Waals surface area contributed by atoms with E-state index in [1.165, 1.54) is 24.8 Å².